The molecule has 0 saturated carbocycles. The second kappa shape index (κ2) is 9.55. The molecule has 28 heavy (non-hydrogen) atoms. The first-order valence-corrected chi connectivity index (χ1v) is 10.4. The molecule has 1 fully saturated rings. The molecule has 1 aliphatic heterocycles. The molecule has 3 rings (SSSR count). The number of ether oxygens (including phenoxy) is 1. The molecule has 0 spiro atoms. The highest BCUT2D eigenvalue weighted by Gasteiger charge is 2.40. The topological polar surface area (TPSA) is 52.9 Å². The fourth-order valence-corrected chi connectivity index (χ4v) is 4.04. The predicted octanol–water partition coefficient (Wildman–Crippen LogP) is 4.13. The molecule has 2 aromatic rings. The smallest absolute Gasteiger partial charge is 0.115 e. The molecule has 0 aliphatic carbocycles. The van der Waals surface area contributed by atoms with Gasteiger partial charge in [0, 0.05) is 25.6 Å². The first kappa shape index (κ1) is 20.8. The number of aliphatic hydroxyl groups is 1. The molecule has 0 amide bonds. The predicted molar refractivity (Wildman–Crippen MR) is 113 cm³/mol. The molecule has 1 saturated heterocycles. The lowest BCUT2D eigenvalue weighted by atomic mass is 9.73. The van der Waals surface area contributed by atoms with Gasteiger partial charge in [-0.1, -0.05) is 56.3 Å². The lowest BCUT2D eigenvalue weighted by Crippen LogP contribution is -2.45. The van der Waals surface area contributed by atoms with Crippen molar-refractivity contribution in [3.8, 4) is 5.75 Å². The Hall–Kier alpha value is -1.88. The van der Waals surface area contributed by atoms with Crippen molar-refractivity contribution in [2.75, 3.05) is 32.8 Å². The SMILES string of the molecule is CC(C)CC[C@](O)(c1ccc(O)cc1)[C@H](CN1CCOCC1)c1ccccc1. The second-order valence-electron chi connectivity index (χ2n) is 8.28. The third-order valence-corrected chi connectivity index (χ3v) is 5.79. The van der Waals surface area contributed by atoms with Crippen LogP contribution in [0, 0.1) is 5.92 Å². The summed E-state index contributed by atoms with van der Waals surface area (Å²) in [6, 6.07) is 17.4. The summed E-state index contributed by atoms with van der Waals surface area (Å²) in [5.41, 5.74) is 1.01. The number of hydrogen-bond acceptors (Lipinski definition) is 4. The van der Waals surface area contributed by atoms with Gasteiger partial charge in [-0.3, -0.25) is 4.90 Å². The maximum absolute atomic E-state index is 12.1. The minimum atomic E-state index is -1.00. The Balaban J connectivity index is 1.99. The molecular formula is C24H33NO3. The third-order valence-electron chi connectivity index (χ3n) is 5.79. The molecule has 152 valence electrons. The minimum absolute atomic E-state index is 0.0601. The van der Waals surface area contributed by atoms with Gasteiger partial charge in [0.15, 0.2) is 0 Å². The van der Waals surface area contributed by atoms with Crippen molar-refractivity contribution >= 4 is 0 Å². The van der Waals surface area contributed by atoms with Gasteiger partial charge in [0.05, 0.1) is 18.8 Å². The average Bonchev–Trinajstić information content (AvgIpc) is 2.72. The van der Waals surface area contributed by atoms with E-state index in [1.807, 2.05) is 30.3 Å². The second-order valence-corrected chi connectivity index (χ2v) is 8.28. The minimum Gasteiger partial charge on any atom is -0.508 e. The molecule has 2 aromatic carbocycles. The van der Waals surface area contributed by atoms with Crippen LogP contribution < -0.4 is 0 Å². The Kier molecular flexibility index (Phi) is 7.11. The number of phenolic OH excluding ortho intramolecular Hbond substituents is 1. The fourth-order valence-electron chi connectivity index (χ4n) is 4.04. The molecule has 4 heteroatoms. The number of benzene rings is 2. The van der Waals surface area contributed by atoms with E-state index in [0.717, 1.165) is 50.4 Å². The maximum Gasteiger partial charge on any atom is 0.115 e. The first-order valence-electron chi connectivity index (χ1n) is 10.4. The van der Waals surface area contributed by atoms with Crippen molar-refractivity contribution in [1.29, 1.82) is 0 Å². The van der Waals surface area contributed by atoms with Gasteiger partial charge in [-0.15, -0.1) is 0 Å². The summed E-state index contributed by atoms with van der Waals surface area (Å²) in [6.07, 6.45) is 1.61. The number of morpholine rings is 1. The van der Waals surface area contributed by atoms with Crippen LogP contribution in [0.15, 0.2) is 54.6 Å². The lowest BCUT2D eigenvalue weighted by molar-refractivity contribution is -0.0311. The summed E-state index contributed by atoms with van der Waals surface area (Å²) < 4.78 is 5.52. The molecule has 2 atom stereocenters. The summed E-state index contributed by atoms with van der Waals surface area (Å²) >= 11 is 0. The van der Waals surface area contributed by atoms with Crippen molar-refractivity contribution in [2.24, 2.45) is 5.92 Å². The fraction of sp³-hybridized carbons (Fsp3) is 0.500. The Labute approximate surface area is 168 Å². The van der Waals surface area contributed by atoms with Gasteiger partial charge >= 0.3 is 0 Å². The zero-order valence-electron chi connectivity index (χ0n) is 17.1. The van der Waals surface area contributed by atoms with Gasteiger partial charge in [0.1, 0.15) is 5.75 Å². The van der Waals surface area contributed by atoms with Gasteiger partial charge in [-0.25, -0.2) is 0 Å². The summed E-state index contributed by atoms with van der Waals surface area (Å²) in [5.74, 6) is 0.665. The van der Waals surface area contributed by atoms with E-state index in [0.29, 0.717) is 12.3 Å². The first-order chi connectivity index (χ1) is 13.5. The van der Waals surface area contributed by atoms with Crippen LogP contribution in [0.1, 0.15) is 43.7 Å². The molecule has 0 radical (unpaired) electrons. The number of hydrogen-bond donors (Lipinski definition) is 2. The van der Waals surface area contributed by atoms with Crippen LogP contribution in [-0.4, -0.2) is 48.0 Å². The van der Waals surface area contributed by atoms with E-state index in [9.17, 15) is 10.2 Å². The third kappa shape index (κ3) is 5.13. The number of aromatic hydroxyl groups is 1. The number of rotatable bonds is 8. The van der Waals surface area contributed by atoms with Crippen molar-refractivity contribution < 1.29 is 14.9 Å². The lowest BCUT2D eigenvalue weighted by Gasteiger charge is -2.41. The maximum atomic E-state index is 12.1. The van der Waals surface area contributed by atoms with E-state index in [4.69, 9.17) is 4.74 Å². The van der Waals surface area contributed by atoms with E-state index in [1.54, 1.807) is 12.1 Å². The Morgan fingerprint density at radius 2 is 1.64 bits per heavy atom. The molecular weight excluding hydrogens is 350 g/mol. The largest absolute Gasteiger partial charge is 0.508 e. The van der Waals surface area contributed by atoms with Crippen LogP contribution >= 0.6 is 0 Å². The van der Waals surface area contributed by atoms with Gasteiger partial charge in [-0.05, 0) is 42.0 Å². The monoisotopic (exact) mass is 383 g/mol. The van der Waals surface area contributed by atoms with E-state index >= 15 is 0 Å². The summed E-state index contributed by atoms with van der Waals surface area (Å²) in [4.78, 5) is 2.39. The Bertz CT molecular complexity index is 710. The van der Waals surface area contributed by atoms with Crippen molar-refractivity contribution in [1.82, 2.24) is 4.90 Å². The highest BCUT2D eigenvalue weighted by atomic mass is 16.5. The van der Waals surface area contributed by atoms with E-state index in [2.05, 4.69) is 30.9 Å². The summed E-state index contributed by atoms with van der Waals surface area (Å²) in [6.45, 7) is 8.42. The van der Waals surface area contributed by atoms with Crippen LogP contribution in [0.3, 0.4) is 0 Å². The van der Waals surface area contributed by atoms with Crippen molar-refractivity contribution in [3.05, 3.63) is 65.7 Å². The van der Waals surface area contributed by atoms with Crippen LogP contribution in [0.5, 0.6) is 5.75 Å². The molecule has 1 heterocycles. The molecule has 4 nitrogen and oxygen atoms in total. The van der Waals surface area contributed by atoms with Crippen molar-refractivity contribution in [3.63, 3.8) is 0 Å². The average molecular weight is 384 g/mol. The van der Waals surface area contributed by atoms with Crippen LogP contribution in [0.4, 0.5) is 0 Å². The quantitative estimate of drug-likeness (QED) is 0.720. The van der Waals surface area contributed by atoms with E-state index in [1.165, 1.54) is 0 Å². The molecule has 0 aromatic heterocycles. The normalized spacial score (nSPS) is 18.7. The molecule has 2 N–H and O–H groups in total. The van der Waals surface area contributed by atoms with Crippen LogP contribution in [0.25, 0.3) is 0 Å². The van der Waals surface area contributed by atoms with E-state index < -0.39 is 5.60 Å². The summed E-state index contributed by atoms with van der Waals surface area (Å²) in [7, 11) is 0. The number of nitrogens with zero attached hydrogens (tertiary/aromatic N) is 1. The van der Waals surface area contributed by atoms with Gasteiger partial charge in [0.2, 0.25) is 0 Å². The standard InChI is InChI=1S/C24H33NO3/c1-19(2)12-13-24(27,21-8-10-22(26)11-9-21)23(20-6-4-3-5-7-20)18-25-14-16-28-17-15-25/h3-11,19,23,26-27H,12-18H2,1-2H3/t23-,24+/m1/s1. The molecule has 1 aliphatic rings. The highest BCUT2D eigenvalue weighted by molar-refractivity contribution is 5.35. The molecule has 0 unspecified atom stereocenters. The van der Waals surface area contributed by atoms with Gasteiger partial charge < -0.3 is 14.9 Å². The van der Waals surface area contributed by atoms with Crippen LogP contribution in [0.2, 0.25) is 0 Å². The van der Waals surface area contributed by atoms with Crippen LogP contribution in [-0.2, 0) is 10.3 Å². The van der Waals surface area contributed by atoms with Gasteiger partial charge in [-0.2, -0.15) is 0 Å². The number of phenols is 1. The van der Waals surface area contributed by atoms with Gasteiger partial charge in [0.25, 0.3) is 0 Å². The zero-order chi connectivity index (χ0) is 20.0. The zero-order valence-corrected chi connectivity index (χ0v) is 17.1. The van der Waals surface area contributed by atoms with Crippen molar-refractivity contribution in [2.45, 2.75) is 38.2 Å². The Morgan fingerprint density at radius 3 is 2.25 bits per heavy atom. The summed E-state index contributed by atoms with van der Waals surface area (Å²) in [5, 5.41) is 21.9. The highest BCUT2D eigenvalue weighted by Crippen LogP contribution is 2.42. The van der Waals surface area contributed by atoms with E-state index in [-0.39, 0.29) is 11.7 Å². The Morgan fingerprint density at radius 1 is 1.00 bits per heavy atom. The molecule has 0 bridgehead atoms.